The van der Waals surface area contributed by atoms with Gasteiger partial charge in [0.15, 0.2) is 0 Å². The van der Waals surface area contributed by atoms with E-state index in [1.165, 1.54) is 11.1 Å². The number of pyridine rings is 1. The molecule has 1 unspecified atom stereocenters. The van der Waals surface area contributed by atoms with Crippen LogP contribution in [0, 0.1) is 13.8 Å². The highest BCUT2D eigenvalue weighted by Gasteiger charge is 2.24. The molecule has 3 aromatic heterocycles. The molecule has 4 heterocycles. The Hall–Kier alpha value is -2.64. The number of fused-ring (bicyclic) bond motifs is 2. The first-order chi connectivity index (χ1) is 14.9. The van der Waals surface area contributed by atoms with Crippen LogP contribution >= 0.6 is 27.3 Å². The Labute approximate surface area is 193 Å². The van der Waals surface area contributed by atoms with Gasteiger partial charge >= 0.3 is 0 Å². The standard InChI is InChI=1S/C24H23BrN4OS/c1-14-10-19(16(3)26-20-8-9-31-21(20)25)23-27-22(15(2)24(30)29(23)11-14)28-12-17-6-4-5-7-18(17)13-28/h4-11,16,26H,12-13H2,1-3H3. The highest BCUT2D eigenvalue weighted by atomic mass is 79.9. The summed E-state index contributed by atoms with van der Waals surface area (Å²) in [7, 11) is 0. The Morgan fingerprint density at radius 2 is 1.87 bits per heavy atom. The van der Waals surface area contributed by atoms with Crippen LogP contribution in [0.5, 0.6) is 0 Å². The molecule has 0 saturated carbocycles. The summed E-state index contributed by atoms with van der Waals surface area (Å²) in [6.45, 7) is 7.55. The maximum absolute atomic E-state index is 13.3. The molecule has 5 rings (SSSR count). The van der Waals surface area contributed by atoms with Gasteiger partial charge in [0.1, 0.15) is 11.5 Å². The van der Waals surface area contributed by atoms with E-state index in [-0.39, 0.29) is 11.6 Å². The molecule has 1 aliphatic rings. The zero-order valence-electron chi connectivity index (χ0n) is 17.6. The maximum atomic E-state index is 13.3. The molecule has 0 amide bonds. The largest absolute Gasteiger partial charge is 0.377 e. The number of benzene rings is 1. The number of rotatable bonds is 4. The Morgan fingerprint density at radius 3 is 2.52 bits per heavy atom. The van der Waals surface area contributed by atoms with E-state index in [0.717, 1.165) is 39.5 Å². The predicted molar refractivity (Wildman–Crippen MR) is 131 cm³/mol. The Morgan fingerprint density at radius 1 is 1.16 bits per heavy atom. The van der Waals surface area contributed by atoms with Crippen LogP contribution in [0.25, 0.3) is 5.65 Å². The highest BCUT2D eigenvalue weighted by molar-refractivity contribution is 9.11. The summed E-state index contributed by atoms with van der Waals surface area (Å²) in [5, 5.41) is 5.60. The van der Waals surface area contributed by atoms with Crippen molar-refractivity contribution in [2.24, 2.45) is 0 Å². The van der Waals surface area contributed by atoms with Crippen LogP contribution in [0.1, 0.15) is 40.8 Å². The van der Waals surface area contributed by atoms with Crippen LogP contribution in [-0.4, -0.2) is 9.38 Å². The van der Waals surface area contributed by atoms with Gasteiger partial charge in [-0.1, -0.05) is 24.3 Å². The topological polar surface area (TPSA) is 49.6 Å². The van der Waals surface area contributed by atoms with Crippen molar-refractivity contribution in [1.29, 1.82) is 0 Å². The molecular formula is C24H23BrN4OS. The molecule has 1 aromatic carbocycles. The number of aryl methyl sites for hydroxylation is 1. The minimum atomic E-state index is -0.0148. The van der Waals surface area contributed by atoms with Crippen molar-refractivity contribution in [1.82, 2.24) is 9.38 Å². The van der Waals surface area contributed by atoms with Crippen LogP contribution in [-0.2, 0) is 13.1 Å². The molecule has 5 nitrogen and oxygen atoms in total. The molecule has 0 spiro atoms. The van der Waals surface area contributed by atoms with E-state index in [2.05, 4.69) is 69.5 Å². The van der Waals surface area contributed by atoms with Gasteiger partial charge in [0, 0.05) is 24.8 Å². The minimum absolute atomic E-state index is 0.00943. The lowest BCUT2D eigenvalue weighted by Gasteiger charge is -2.22. The number of hydrogen-bond donors (Lipinski definition) is 1. The molecule has 4 aromatic rings. The number of aromatic nitrogens is 2. The second kappa shape index (κ2) is 7.80. The molecule has 7 heteroatoms. The molecule has 1 atom stereocenters. The molecule has 1 aliphatic heterocycles. The zero-order chi connectivity index (χ0) is 21.7. The van der Waals surface area contributed by atoms with Gasteiger partial charge in [0.25, 0.3) is 5.56 Å². The third-order valence-electron chi connectivity index (χ3n) is 5.89. The summed E-state index contributed by atoms with van der Waals surface area (Å²) in [5.74, 6) is 0.773. The number of nitrogens with zero attached hydrogens (tertiary/aromatic N) is 3. The van der Waals surface area contributed by atoms with Crippen molar-refractivity contribution < 1.29 is 0 Å². The SMILES string of the molecule is Cc1cc(C(C)Nc2ccsc2Br)c2nc(N3Cc4ccccc4C3)c(C)c(=O)n2c1. The fourth-order valence-electron chi connectivity index (χ4n) is 4.30. The lowest BCUT2D eigenvalue weighted by molar-refractivity contribution is 0.824. The van der Waals surface area contributed by atoms with E-state index in [0.29, 0.717) is 11.2 Å². The second-order valence-electron chi connectivity index (χ2n) is 8.13. The number of nitrogens with one attached hydrogen (secondary N) is 1. The monoisotopic (exact) mass is 494 g/mol. The van der Waals surface area contributed by atoms with Crippen molar-refractivity contribution in [3.8, 4) is 0 Å². The summed E-state index contributed by atoms with van der Waals surface area (Å²) in [6, 6.07) is 12.6. The molecule has 0 bridgehead atoms. The van der Waals surface area contributed by atoms with E-state index < -0.39 is 0 Å². The molecule has 1 N–H and O–H groups in total. The Bertz CT molecular complexity index is 1330. The van der Waals surface area contributed by atoms with Crippen LogP contribution in [0.2, 0.25) is 0 Å². The van der Waals surface area contributed by atoms with Crippen molar-refractivity contribution in [2.75, 3.05) is 10.2 Å². The lowest BCUT2D eigenvalue weighted by Crippen LogP contribution is -2.26. The Kier molecular flexibility index (Phi) is 5.10. The van der Waals surface area contributed by atoms with Gasteiger partial charge in [-0.05, 0) is 70.9 Å². The van der Waals surface area contributed by atoms with Crippen LogP contribution in [0.3, 0.4) is 0 Å². The maximum Gasteiger partial charge on any atom is 0.262 e. The van der Waals surface area contributed by atoms with Gasteiger partial charge in [-0.2, -0.15) is 0 Å². The average molecular weight is 495 g/mol. The fraction of sp³-hybridized carbons (Fsp3) is 0.250. The number of anilines is 2. The summed E-state index contributed by atoms with van der Waals surface area (Å²) < 4.78 is 2.76. The zero-order valence-corrected chi connectivity index (χ0v) is 20.0. The molecule has 0 radical (unpaired) electrons. The van der Waals surface area contributed by atoms with Gasteiger partial charge in [0.2, 0.25) is 0 Å². The lowest BCUT2D eigenvalue weighted by atomic mass is 10.1. The first kappa shape index (κ1) is 20.3. The fourth-order valence-corrected chi connectivity index (χ4v) is 5.45. The second-order valence-corrected chi connectivity index (χ2v) is 10.4. The van der Waals surface area contributed by atoms with Crippen molar-refractivity contribution in [2.45, 2.75) is 39.9 Å². The average Bonchev–Trinajstić information content (AvgIpc) is 3.36. The summed E-state index contributed by atoms with van der Waals surface area (Å²) in [4.78, 5) is 20.6. The summed E-state index contributed by atoms with van der Waals surface area (Å²) in [5.41, 5.74) is 7.06. The third-order valence-corrected chi connectivity index (χ3v) is 7.57. The number of halogens is 1. The van der Waals surface area contributed by atoms with Gasteiger partial charge in [-0.25, -0.2) is 4.98 Å². The van der Waals surface area contributed by atoms with E-state index in [1.807, 2.05) is 25.4 Å². The third kappa shape index (κ3) is 3.55. The van der Waals surface area contributed by atoms with E-state index in [4.69, 9.17) is 4.98 Å². The molecule has 0 aliphatic carbocycles. The minimum Gasteiger partial charge on any atom is -0.377 e. The van der Waals surface area contributed by atoms with Gasteiger partial charge in [-0.3, -0.25) is 9.20 Å². The van der Waals surface area contributed by atoms with Crippen LogP contribution in [0.4, 0.5) is 11.5 Å². The quantitative estimate of drug-likeness (QED) is 0.387. The van der Waals surface area contributed by atoms with Crippen molar-refractivity contribution >= 4 is 44.4 Å². The Balaban J connectivity index is 1.62. The molecule has 0 saturated heterocycles. The van der Waals surface area contributed by atoms with Gasteiger partial charge in [0.05, 0.1) is 21.1 Å². The van der Waals surface area contributed by atoms with E-state index in [1.54, 1.807) is 15.7 Å². The van der Waals surface area contributed by atoms with Crippen LogP contribution < -0.4 is 15.8 Å². The normalized spacial score (nSPS) is 14.1. The first-order valence-electron chi connectivity index (χ1n) is 10.3. The number of thiophene rings is 1. The van der Waals surface area contributed by atoms with Crippen molar-refractivity contribution in [3.63, 3.8) is 0 Å². The number of hydrogen-bond acceptors (Lipinski definition) is 5. The molecular weight excluding hydrogens is 472 g/mol. The smallest absolute Gasteiger partial charge is 0.262 e. The van der Waals surface area contributed by atoms with Gasteiger partial charge < -0.3 is 10.2 Å². The summed E-state index contributed by atoms with van der Waals surface area (Å²) >= 11 is 5.24. The first-order valence-corrected chi connectivity index (χ1v) is 11.9. The van der Waals surface area contributed by atoms with Gasteiger partial charge in [-0.15, -0.1) is 11.3 Å². The predicted octanol–water partition coefficient (Wildman–Crippen LogP) is 5.83. The molecule has 31 heavy (non-hydrogen) atoms. The van der Waals surface area contributed by atoms with E-state index >= 15 is 0 Å². The molecule has 0 fully saturated rings. The highest BCUT2D eigenvalue weighted by Crippen LogP contribution is 2.33. The van der Waals surface area contributed by atoms with Crippen LogP contribution in [0.15, 0.2) is 56.6 Å². The van der Waals surface area contributed by atoms with Crippen molar-refractivity contribution in [3.05, 3.63) is 89.9 Å². The van der Waals surface area contributed by atoms with E-state index in [9.17, 15) is 4.79 Å². The molecule has 158 valence electrons. The summed E-state index contributed by atoms with van der Waals surface area (Å²) in [6.07, 6.45) is 1.89.